The van der Waals surface area contributed by atoms with Gasteiger partial charge in [-0.05, 0) is 71.8 Å². The minimum absolute atomic E-state index is 0.715. The summed E-state index contributed by atoms with van der Waals surface area (Å²) in [7, 11) is 0. The van der Waals surface area contributed by atoms with Crippen LogP contribution in [0.15, 0.2) is 6.07 Å². The lowest BCUT2D eigenvalue weighted by Crippen LogP contribution is -2.32. The van der Waals surface area contributed by atoms with Crippen molar-refractivity contribution in [2.45, 2.75) is 59.0 Å². The van der Waals surface area contributed by atoms with Crippen LogP contribution >= 0.6 is 0 Å². The van der Waals surface area contributed by atoms with Crippen LogP contribution in [0.25, 0.3) is 0 Å². The largest absolute Gasteiger partial charge is 0.314 e. The number of hydrogen-bond donors (Lipinski definition) is 1. The van der Waals surface area contributed by atoms with E-state index in [1.807, 2.05) is 0 Å². The first-order valence-electron chi connectivity index (χ1n) is 8.16. The molecule has 0 radical (unpaired) electrons. The van der Waals surface area contributed by atoms with Crippen molar-refractivity contribution in [1.29, 1.82) is 0 Å². The fourth-order valence-corrected chi connectivity index (χ4v) is 3.11. The standard InChI is InChI=1S/C16H30N4/c1-4-19-10-5-7-16(8-12-19)17-9-6-11-20-15(3)13-14(2)18-20/h13,16-17H,4-12H2,1-3H3. The van der Waals surface area contributed by atoms with Crippen LogP contribution in [0.5, 0.6) is 0 Å². The first-order valence-corrected chi connectivity index (χ1v) is 8.16. The molecule has 0 spiro atoms. The van der Waals surface area contributed by atoms with E-state index < -0.39 is 0 Å². The summed E-state index contributed by atoms with van der Waals surface area (Å²) in [5.41, 5.74) is 2.40. The molecule has 1 saturated heterocycles. The van der Waals surface area contributed by atoms with Crippen LogP contribution in [-0.2, 0) is 6.54 Å². The molecule has 0 aliphatic carbocycles. The van der Waals surface area contributed by atoms with Crippen molar-refractivity contribution in [2.75, 3.05) is 26.2 Å². The molecule has 114 valence electrons. The van der Waals surface area contributed by atoms with E-state index in [0.29, 0.717) is 6.04 Å². The fourth-order valence-electron chi connectivity index (χ4n) is 3.11. The van der Waals surface area contributed by atoms with Crippen molar-refractivity contribution in [3.8, 4) is 0 Å². The van der Waals surface area contributed by atoms with Gasteiger partial charge in [0.2, 0.25) is 0 Å². The number of rotatable bonds is 6. The van der Waals surface area contributed by atoms with E-state index >= 15 is 0 Å². The molecule has 1 aromatic heterocycles. The molecule has 2 heterocycles. The molecule has 0 amide bonds. The second-order valence-electron chi connectivity index (χ2n) is 6.02. The van der Waals surface area contributed by atoms with Crippen molar-refractivity contribution in [1.82, 2.24) is 20.0 Å². The number of nitrogens with one attached hydrogen (secondary N) is 1. The van der Waals surface area contributed by atoms with E-state index in [4.69, 9.17) is 0 Å². The quantitative estimate of drug-likeness (QED) is 0.811. The van der Waals surface area contributed by atoms with Gasteiger partial charge in [0.15, 0.2) is 0 Å². The van der Waals surface area contributed by atoms with Gasteiger partial charge in [0.1, 0.15) is 0 Å². The zero-order valence-electron chi connectivity index (χ0n) is 13.4. The van der Waals surface area contributed by atoms with E-state index in [1.54, 1.807) is 0 Å². The SMILES string of the molecule is CCN1CCCC(NCCCn2nc(C)cc2C)CC1. The van der Waals surface area contributed by atoms with Gasteiger partial charge in [0, 0.05) is 18.3 Å². The molecule has 1 atom stereocenters. The van der Waals surface area contributed by atoms with Gasteiger partial charge in [0.05, 0.1) is 5.69 Å². The monoisotopic (exact) mass is 278 g/mol. The number of aromatic nitrogens is 2. The van der Waals surface area contributed by atoms with Gasteiger partial charge >= 0.3 is 0 Å². The average molecular weight is 278 g/mol. The van der Waals surface area contributed by atoms with E-state index in [2.05, 4.69) is 46.8 Å². The molecule has 1 aliphatic rings. The van der Waals surface area contributed by atoms with E-state index in [0.717, 1.165) is 25.2 Å². The topological polar surface area (TPSA) is 33.1 Å². The average Bonchev–Trinajstić information content (AvgIpc) is 2.65. The van der Waals surface area contributed by atoms with Crippen molar-refractivity contribution in [3.05, 3.63) is 17.5 Å². The third-order valence-electron chi connectivity index (χ3n) is 4.35. The number of nitrogens with zero attached hydrogens (tertiary/aromatic N) is 3. The number of aryl methyl sites for hydroxylation is 3. The van der Waals surface area contributed by atoms with Gasteiger partial charge in [-0.15, -0.1) is 0 Å². The fraction of sp³-hybridized carbons (Fsp3) is 0.812. The van der Waals surface area contributed by atoms with E-state index in [-0.39, 0.29) is 0 Å². The summed E-state index contributed by atoms with van der Waals surface area (Å²) in [5, 5.41) is 8.25. The van der Waals surface area contributed by atoms with Crippen molar-refractivity contribution in [2.24, 2.45) is 0 Å². The summed E-state index contributed by atoms with van der Waals surface area (Å²) < 4.78 is 2.13. The van der Waals surface area contributed by atoms with Gasteiger partial charge in [-0.2, -0.15) is 5.10 Å². The van der Waals surface area contributed by atoms with Crippen molar-refractivity contribution >= 4 is 0 Å². The molecule has 0 aromatic carbocycles. The van der Waals surface area contributed by atoms with Crippen LogP contribution in [0.2, 0.25) is 0 Å². The predicted molar refractivity (Wildman–Crippen MR) is 84.1 cm³/mol. The first-order chi connectivity index (χ1) is 9.69. The molecule has 0 saturated carbocycles. The van der Waals surface area contributed by atoms with Crippen LogP contribution in [0.4, 0.5) is 0 Å². The summed E-state index contributed by atoms with van der Waals surface area (Å²) in [6.45, 7) is 12.3. The lowest BCUT2D eigenvalue weighted by molar-refractivity contribution is 0.297. The van der Waals surface area contributed by atoms with Gasteiger partial charge in [-0.25, -0.2) is 0 Å². The van der Waals surface area contributed by atoms with Gasteiger partial charge in [0.25, 0.3) is 0 Å². The highest BCUT2D eigenvalue weighted by Gasteiger charge is 2.15. The molecule has 20 heavy (non-hydrogen) atoms. The maximum absolute atomic E-state index is 4.51. The summed E-state index contributed by atoms with van der Waals surface area (Å²) in [5.74, 6) is 0. The van der Waals surface area contributed by atoms with Gasteiger partial charge in [-0.1, -0.05) is 6.92 Å². The Labute approximate surface area is 123 Å². The Kier molecular flexibility index (Phi) is 6.05. The molecule has 2 rings (SSSR count). The third-order valence-corrected chi connectivity index (χ3v) is 4.35. The molecular weight excluding hydrogens is 248 g/mol. The van der Waals surface area contributed by atoms with Crippen molar-refractivity contribution < 1.29 is 0 Å². The van der Waals surface area contributed by atoms with Crippen molar-refractivity contribution in [3.63, 3.8) is 0 Å². The summed E-state index contributed by atoms with van der Waals surface area (Å²) in [4.78, 5) is 2.57. The molecule has 1 aliphatic heterocycles. The predicted octanol–water partition coefficient (Wildman–Crippen LogP) is 2.35. The third kappa shape index (κ3) is 4.60. The molecule has 1 fully saturated rings. The van der Waals surface area contributed by atoms with E-state index in [9.17, 15) is 0 Å². The lowest BCUT2D eigenvalue weighted by atomic mass is 10.1. The Bertz CT molecular complexity index is 399. The van der Waals surface area contributed by atoms with Gasteiger partial charge in [-0.3, -0.25) is 4.68 Å². The maximum Gasteiger partial charge on any atom is 0.0596 e. The number of hydrogen-bond acceptors (Lipinski definition) is 3. The van der Waals surface area contributed by atoms with Crippen LogP contribution in [0, 0.1) is 13.8 Å². The van der Waals surface area contributed by atoms with Gasteiger partial charge < -0.3 is 10.2 Å². The van der Waals surface area contributed by atoms with Crippen LogP contribution < -0.4 is 5.32 Å². The maximum atomic E-state index is 4.51. The first kappa shape index (κ1) is 15.5. The summed E-state index contributed by atoms with van der Waals surface area (Å²) in [6.07, 6.45) is 5.13. The van der Waals surface area contributed by atoms with Crippen LogP contribution in [0.3, 0.4) is 0 Å². The highest BCUT2D eigenvalue weighted by Crippen LogP contribution is 2.10. The Morgan fingerprint density at radius 3 is 2.85 bits per heavy atom. The second-order valence-corrected chi connectivity index (χ2v) is 6.02. The molecule has 4 heteroatoms. The Morgan fingerprint density at radius 2 is 2.15 bits per heavy atom. The second kappa shape index (κ2) is 7.79. The summed E-state index contributed by atoms with van der Waals surface area (Å²) >= 11 is 0. The lowest BCUT2D eigenvalue weighted by Gasteiger charge is -2.18. The minimum atomic E-state index is 0.715. The number of likely N-dealkylation sites (tertiary alicyclic amines) is 1. The zero-order valence-corrected chi connectivity index (χ0v) is 13.4. The Morgan fingerprint density at radius 1 is 1.30 bits per heavy atom. The highest BCUT2D eigenvalue weighted by molar-refractivity contribution is 5.06. The zero-order chi connectivity index (χ0) is 14.4. The smallest absolute Gasteiger partial charge is 0.0596 e. The summed E-state index contributed by atoms with van der Waals surface area (Å²) in [6, 6.07) is 2.87. The van der Waals surface area contributed by atoms with Crippen LogP contribution in [-0.4, -0.2) is 46.9 Å². The Hall–Kier alpha value is -0.870. The molecule has 1 aromatic rings. The molecular formula is C16H30N4. The van der Waals surface area contributed by atoms with Crippen LogP contribution in [0.1, 0.15) is 44.0 Å². The Balaban J connectivity index is 1.64. The van der Waals surface area contributed by atoms with E-state index in [1.165, 1.54) is 44.6 Å². The molecule has 1 N–H and O–H groups in total. The highest BCUT2D eigenvalue weighted by atomic mass is 15.3. The molecule has 4 nitrogen and oxygen atoms in total. The molecule has 0 bridgehead atoms. The molecule has 1 unspecified atom stereocenters. The minimum Gasteiger partial charge on any atom is -0.314 e. The normalized spacial score (nSPS) is 21.1.